The van der Waals surface area contributed by atoms with Crippen LogP contribution in [-0.2, 0) is 28.2 Å². The molecule has 0 unspecified atom stereocenters. The maximum absolute atomic E-state index is 15.4. The lowest BCUT2D eigenvalue weighted by molar-refractivity contribution is -0.689. The highest BCUT2D eigenvalue weighted by molar-refractivity contribution is 7.10. The third-order valence-corrected chi connectivity index (χ3v) is 9.63. The van der Waals surface area contributed by atoms with Gasteiger partial charge in [-0.2, -0.15) is 5.26 Å². The van der Waals surface area contributed by atoms with Crippen LogP contribution in [0.15, 0.2) is 66.6 Å². The third kappa shape index (κ3) is 9.12. The van der Waals surface area contributed by atoms with E-state index in [1.54, 1.807) is 82.1 Å². The maximum atomic E-state index is 15.4. The van der Waals surface area contributed by atoms with E-state index < -0.39 is 52.2 Å². The fourth-order valence-corrected chi connectivity index (χ4v) is 6.84. The van der Waals surface area contributed by atoms with Crippen LogP contribution in [0.2, 0.25) is 0 Å². The molecule has 54 heavy (non-hydrogen) atoms. The first-order chi connectivity index (χ1) is 25.4. The molecule has 0 saturated carbocycles. The van der Waals surface area contributed by atoms with E-state index in [4.69, 9.17) is 14.7 Å². The highest BCUT2D eigenvalue weighted by Crippen LogP contribution is 2.42. The van der Waals surface area contributed by atoms with Crippen LogP contribution in [0.3, 0.4) is 0 Å². The van der Waals surface area contributed by atoms with Crippen molar-refractivity contribution in [3.63, 3.8) is 0 Å². The molecule has 2 atom stereocenters. The van der Waals surface area contributed by atoms with Crippen molar-refractivity contribution < 1.29 is 41.9 Å². The minimum Gasteiger partial charge on any atom is -0.444 e. The van der Waals surface area contributed by atoms with Crippen molar-refractivity contribution in [3.8, 4) is 23.1 Å². The van der Waals surface area contributed by atoms with Gasteiger partial charge in [0.15, 0.2) is 11.6 Å². The monoisotopic (exact) mass is 761 g/mol. The number of aliphatic hydroxyl groups is 1. The summed E-state index contributed by atoms with van der Waals surface area (Å²) in [7, 11) is 1.44. The quantitative estimate of drug-likeness (QED) is 0.0680. The number of likely N-dealkylation sites (N-methyl/N-ethyl adjacent to an activating group) is 1. The SMILES string of the molecule is Cc1cc(C[n+]2cnn(C[C@](O)(c3cc(F)c(F)cc3F)[C@@H](C)c3nc(-c4ccc(C#N)cc4)cs3)c2)cc(C)c1OC(=O)CN(C)C(=O)OC(C)(C)C. The number of aryl methyl sites for hydroxylation is 2. The third-order valence-electron chi connectivity index (χ3n) is 8.60. The molecule has 5 rings (SSSR count). The summed E-state index contributed by atoms with van der Waals surface area (Å²) >= 11 is 1.21. The van der Waals surface area contributed by atoms with Crippen LogP contribution >= 0.6 is 11.3 Å². The summed E-state index contributed by atoms with van der Waals surface area (Å²) in [6, 6.07) is 13.6. The van der Waals surface area contributed by atoms with Gasteiger partial charge in [-0.3, -0.25) is 0 Å². The van der Waals surface area contributed by atoms with E-state index in [9.17, 15) is 23.5 Å². The summed E-state index contributed by atoms with van der Waals surface area (Å²) < 4.78 is 58.0. The second-order valence-corrected chi connectivity index (χ2v) is 15.0. The number of rotatable bonds is 11. The van der Waals surface area contributed by atoms with Crippen molar-refractivity contribution in [3.05, 3.63) is 117 Å². The molecule has 1 N–H and O–H groups in total. The normalized spacial score (nSPS) is 13.1. The molecule has 0 aliphatic carbocycles. The van der Waals surface area contributed by atoms with E-state index >= 15 is 4.39 Å². The Morgan fingerprint density at radius 3 is 2.33 bits per heavy atom. The largest absolute Gasteiger partial charge is 0.444 e. The average molecular weight is 762 g/mol. The van der Waals surface area contributed by atoms with Gasteiger partial charge < -0.3 is 19.5 Å². The number of nitriles is 1. The van der Waals surface area contributed by atoms with Crippen LogP contribution in [0.5, 0.6) is 5.75 Å². The fraction of sp³-hybridized carbons (Fsp3) is 0.333. The summed E-state index contributed by atoms with van der Waals surface area (Å²) in [5, 5.41) is 28.0. The van der Waals surface area contributed by atoms with Crippen LogP contribution in [0.25, 0.3) is 11.3 Å². The Labute approximate surface area is 314 Å². The number of halogens is 3. The first kappa shape index (κ1) is 39.6. The minimum atomic E-state index is -2.14. The Balaban J connectivity index is 1.35. The first-order valence-corrected chi connectivity index (χ1v) is 17.7. The van der Waals surface area contributed by atoms with Crippen LogP contribution in [-0.4, -0.2) is 56.0 Å². The molecule has 0 spiro atoms. The summed E-state index contributed by atoms with van der Waals surface area (Å²) in [4.78, 5) is 30.8. The Kier molecular flexibility index (Phi) is 11.6. The van der Waals surface area contributed by atoms with E-state index in [0.717, 1.165) is 16.0 Å². The number of ether oxygens (including phenoxy) is 2. The number of benzene rings is 3. The topological polar surface area (TPSA) is 134 Å². The van der Waals surface area contributed by atoms with Crippen LogP contribution < -0.4 is 9.30 Å². The van der Waals surface area contributed by atoms with Crippen LogP contribution in [0, 0.1) is 42.6 Å². The van der Waals surface area contributed by atoms with E-state index in [-0.39, 0.29) is 13.1 Å². The molecule has 11 nitrogen and oxygen atoms in total. The lowest BCUT2D eigenvalue weighted by Crippen LogP contribution is -2.39. The van der Waals surface area contributed by atoms with Crippen molar-refractivity contribution in [1.82, 2.24) is 19.7 Å². The van der Waals surface area contributed by atoms with Gasteiger partial charge in [-0.1, -0.05) is 19.1 Å². The molecule has 2 aromatic heterocycles. The Morgan fingerprint density at radius 2 is 1.70 bits per heavy atom. The van der Waals surface area contributed by atoms with Crippen molar-refractivity contribution in [1.29, 1.82) is 5.26 Å². The molecular formula is C39H40F3N6O5S+. The van der Waals surface area contributed by atoms with Gasteiger partial charge in [0.25, 0.3) is 6.33 Å². The minimum absolute atomic E-state index is 0.311. The highest BCUT2D eigenvalue weighted by atomic mass is 32.1. The van der Waals surface area contributed by atoms with Gasteiger partial charge in [0.1, 0.15) is 35.9 Å². The number of hydrogen-bond donors (Lipinski definition) is 1. The lowest BCUT2D eigenvalue weighted by Gasteiger charge is -2.32. The summed E-state index contributed by atoms with van der Waals surface area (Å²) in [5.74, 6) is -5.04. The van der Waals surface area contributed by atoms with E-state index in [2.05, 4.69) is 16.2 Å². The molecule has 1 amide bonds. The predicted octanol–water partition coefficient (Wildman–Crippen LogP) is 6.71. The zero-order valence-corrected chi connectivity index (χ0v) is 31.7. The van der Waals surface area contributed by atoms with Gasteiger partial charge in [-0.25, -0.2) is 32.3 Å². The summed E-state index contributed by atoms with van der Waals surface area (Å²) in [5.41, 5.74) is 0.628. The van der Waals surface area contributed by atoms with Crippen molar-refractivity contribution >= 4 is 23.4 Å². The van der Waals surface area contributed by atoms with Gasteiger partial charge >= 0.3 is 12.1 Å². The number of aromatic nitrogens is 4. The summed E-state index contributed by atoms with van der Waals surface area (Å²) in [6.45, 7) is 10.0. The molecular weight excluding hydrogens is 722 g/mol. The van der Waals surface area contributed by atoms with Crippen LogP contribution in [0.4, 0.5) is 18.0 Å². The second kappa shape index (κ2) is 15.8. The Morgan fingerprint density at radius 1 is 1.06 bits per heavy atom. The number of esters is 1. The molecule has 0 aliphatic heterocycles. The summed E-state index contributed by atoms with van der Waals surface area (Å²) in [6.07, 6.45) is 2.44. The number of hydrogen-bond acceptors (Lipinski definition) is 9. The zero-order valence-electron chi connectivity index (χ0n) is 30.9. The molecule has 0 saturated heterocycles. The van der Waals surface area contributed by atoms with Crippen molar-refractivity contribution in [2.45, 2.75) is 71.8 Å². The van der Waals surface area contributed by atoms with Crippen molar-refractivity contribution in [2.24, 2.45) is 0 Å². The van der Waals surface area contributed by atoms with E-state index in [1.807, 2.05) is 12.1 Å². The number of amides is 1. The van der Waals surface area contributed by atoms with Crippen LogP contribution in [0.1, 0.15) is 66.4 Å². The molecule has 2 heterocycles. The number of nitrogens with zero attached hydrogens (tertiary/aromatic N) is 6. The molecule has 3 aromatic carbocycles. The molecule has 0 aliphatic rings. The molecule has 5 aromatic rings. The molecule has 282 valence electrons. The number of carbonyl (C=O) groups is 2. The van der Waals surface area contributed by atoms with E-state index in [0.29, 0.717) is 51.8 Å². The van der Waals surface area contributed by atoms with Crippen molar-refractivity contribution in [2.75, 3.05) is 13.6 Å². The van der Waals surface area contributed by atoms with Gasteiger partial charge in [0, 0.05) is 40.6 Å². The Bertz CT molecular complexity index is 2200. The molecule has 15 heteroatoms. The predicted molar refractivity (Wildman–Crippen MR) is 193 cm³/mol. The van der Waals surface area contributed by atoms with E-state index in [1.165, 1.54) is 29.4 Å². The smallest absolute Gasteiger partial charge is 0.410 e. The van der Waals surface area contributed by atoms with Gasteiger partial charge in [0.05, 0.1) is 28.9 Å². The zero-order chi connectivity index (χ0) is 39.5. The maximum Gasteiger partial charge on any atom is 0.410 e. The molecule has 0 bridgehead atoms. The molecule has 0 radical (unpaired) electrons. The number of thiazole rings is 1. The van der Waals surface area contributed by atoms with Gasteiger partial charge in [-0.05, 0) is 81.6 Å². The highest BCUT2D eigenvalue weighted by Gasteiger charge is 2.44. The lowest BCUT2D eigenvalue weighted by atomic mass is 9.82. The first-order valence-electron chi connectivity index (χ1n) is 16.9. The standard InChI is InChI=1S/C39H40F3N6O5S/c1-23-12-27(13-24(2)35(23)52-34(49)18-46(7)37(50)53-38(4,5)6)17-47-21-44-48(22-47)20-39(51,29-14-31(41)32(42)15-30(29)40)25(3)36-45-33(19-54-36)28-10-8-26(16-43)9-11-28/h8-15,19,21-22,25,51H,17-18,20H2,1-7H3/q+1/t25-,39+/m0/s1. The molecule has 0 fully saturated rings. The number of carbonyl (C=O) groups excluding carboxylic acids is 2. The van der Waals surface area contributed by atoms with Gasteiger partial charge in [-0.15, -0.1) is 16.0 Å². The second-order valence-electron chi connectivity index (χ2n) is 14.1. The average Bonchev–Trinajstić information content (AvgIpc) is 3.77. The van der Waals surface area contributed by atoms with Gasteiger partial charge in [0.2, 0.25) is 6.33 Å². The Hall–Kier alpha value is -5.59. The fourth-order valence-electron chi connectivity index (χ4n) is 5.87.